The van der Waals surface area contributed by atoms with E-state index in [1.54, 1.807) is 11.3 Å². The maximum absolute atomic E-state index is 6.43. The van der Waals surface area contributed by atoms with Crippen LogP contribution in [-0.4, -0.2) is 15.0 Å². The number of rotatable bonds is 4. The highest BCUT2D eigenvalue weighted by Crippen LogP contribution is 2.42. The van der Waals surface area contributed by atoms with Crippen molar-refractivity contribution >= 4 is 53.4 Å². The molecule has 0 N–H and O–H groups in total. The summed E-state index contributed by atoms with van der Waals surface area (Å²) in [6, 6.07) is 47.9. The first kappa shape index (κ1) is 24.9. The molecule has 0 bridgehead atoms. The molecule has 4 nitrogen and oxygen atoms in total. The minimum atomic E-state index is 0.613. The number of fused-ring (bicyclic) bond motifs is 6. The average molecular weight is 582 g/mol. The lowest BCUT2D eigenvalue weighted by molar-refractivity contribution is 0.669. The summed E-state index contributed by atoms with van der Waals surface area (Å²) in [5.41, 5.74) is 6.72. The minimum absolute atomic E-state index is 0.613. The Morgan fingerprint density at radius 1 is 0.386 bits per heavy atom. The monoisotopic (exact) mass is 581 g/mol. The normalized spacial score (nSPS) is 11.6. The molecule has 206 valence electrons. The Bertz CT molecular complexity index is 2500. The molecule has 0 spiro atoms. The van der Waals surface area contributed by atoms with Gasteiger partial charge in [0.05, 0.1) is 0 Å². The molecule has 0 saturated carbocycles. The summed E-state index contributed by atoms with van der Waals surface area (Å²) in [4.78, 5) is 15.4. The van der Waals surface area contributed by atoms with Crippen LogP contribution in [0.5, 0.6) is 0 Å². The van der Waals surface area contributed by atoms with Crippen molar-refractivity contribution in [3.8, 4) is 45.3 Å². The zero-order chi connectivity index (χ0) is 29.0. The lowest BCUT2D eigenvalue weighted by Gasteiger charge is -2.11. The van der Waals surface area contributed by atoms with E-state index in [1.165, 1.54) is 20.2 Å². The summed E-state index contributed by atoms with van der Waals surface area (Å²) in [5.74, 6) is 1.90. The molecule has 3 aromatic heterocycles. The molecule has 0 radical (unpaired) electrons. The van der Waals surface area contributed by atoms with E-state index in [0.717, 1.165) is 49.8 Å². The van der Waals surface area contributed by atoms with E-state index in [9.17, 15) is 0 Å². The lowest BCUT2D eigenvalue weighted by Crippen LogP contribution is -2.00. The molecule has 0 aliphatic heterocycles. The maximum Gasteiger partial charge on any atom is 0.164 e. The molecule has 0 saturated heterocycles. The van der Waals surface area contributed by atoms with E-state index < -0.39 is 0 Å². The molecule has 6 aromatic carbocycles. The fraction of sp³-hybridized carbons (Fsp3) is 0. The van der Waals surface area contributed by atoms with Crippen molar-refractivity contribution in [2.24, 2.45) is 0 Å². The van der Waals surface area contributed by atoms with Crippen LogP contribution in [-0.2, 0) is 0 Å². The first-order chi connectivity index (χ1) is 21.8. The van der Waals surface area contributed by atoms with Gasteiger partial charge in [-0.1, -0.05) is 115 Å². The van der Waals surface area contributed by atoms with Gasteiger partial charge in [0.1, 0.15) is 11.2 Å². The smallest absolute Gasteiger partial charge is 0.164 e. The third-order valence-corrected chi connectivity index (χ3v) is 9.29. The molecule has 0 aliphatic carbocycles. The van der Waals surface area contributed by atoms with Gasteiger partial charge in [-0.2, -0.15) is 0 Å². The highest BCUT2D eigenvalue weighted by molar-refractivity contribution is 7.25. The topological polar surface area (TPSA) is 51.8 Å². The third-order valence-electron chi connectivity index (χ3n) is 8.16. The first-order valence-corrected chi connectivity index (χ1v) is 15.4. The number of nitrogens with zero attached hydrogens (tertiary/aromatic N) is 3. The Balaban J connectivity index is 1.36. The zero-order valence-corrected chi connectivity index (χ0v) is 24.3. The lowest BCUT2D eigenvalue weighted by atomic mass is 9.97. The van der Waals surface area contributed by atoms with E-state index in [-0.39, 0.29) is 0 Å². The predicted molar refractivity (Wildman–Crippen MR) is 182 cm³/mol. The van der Waals surface area contributed by atoms with Gasteiger partial charge in [-0.15, -0.1) is 11.3 Å². The van der Waals surface area contributed by atoms with Crippen LogP contribution >= 0.6 is 11.3 Å². The second-order valence-electron chi connectivity index (χ2n) is 10.8. The van der Waals surface area contributed by atoms with Crippen LogP contribution in [0.2, 0.25) is 0 Å². The van der Waals surface area contributed by atoms with Crippen LogP contribution in [0.15, 0.2) is 144 Å². The van der Waals surface area contributed by atoms with Crippen molar-refractivity contribution in [2.45, 2.75) is 0 Å². The maximum atomic E-state index is 6.43. The van der Waals surface area contributed by atoms with Crippen LogP contribution in [0.1, 0.15) is 0 Å². The van der Waals surface area contributed by atoms with Crippen LogP contribution in [0.4, 0.5) is 0 Å². The number of benzene rings is 6. The number of aromatic nitrogens is 3. The Morgan fingerprint density at radius 3 is 1.64 bits per heavy atom. The Kier molecular flexibility index (Phi) is 5.64. The highest BCUT2D eigenvalue weighted by Gasteiger charge is 2.21. The highest BCUT2D eigenvalue weighted by atomic mass is 32.1. The van der Waals surface area contributed by atoms with E-state index >= 15 is 0 Å². The summed E-state index contributed by atoms with van der Waals surface area (Å²) in [7, 11) is 0. The third kappa shape index (κ3) is 3.94. The molecule has 9 aromatic rings. The van der Waals surface area contributed by atoms with E-state index in [0.29, 0.717) is 17.5 Å². The van der Waals surface area contributed by atoms with Crippen molar-refractivity contribution in [3.05, 3.63) is 140 Å². The van der Waals surface area contributed by atoms with Gasteiger partial charge in [0, 0.05) is 47.6 Å². The molecular formula is C39H23N3OS. The summed E-state index contributed by atoms with van der Waals surface area (Å²) >= 11 is 1.79. The number of furan rings is 1. The first-order valence-electron chi connectivity index (χ1n) is 14.5. The van der Waals surface area contributed by atoms with Crippen molar-refractivity contribution in [1.29, 1.82) is 0 Å². The fourth-order valence-electron chi connectivity index (χ4n) is 6.21. The molecule has 0 aliphatic rings. The molecule has 0 amide bonds. The molecule has 5 heteroatoms. The summed E-state index contributed by atoms with van der Waals surface area (Å²) in [6.45, 7) is 0. The van der Waals surface area contributed by atoms with E-state index in [1.807, 2.05) is 60.7 Å². The molecule has 44 heavy (non-hydrogen) atoms. The minimum Gasteiger partial charge on any atom is -0.456 e. The van der Waals surface area contributed by atoms with Crippen molar-refractivity contribution in [2.75, 3.05) is 0 Å². The molecule has 0 fully saturated rings. The van der Waals surface area contributed by atoms with E-state index in [2.05, 4.69) is 78.9 Å². The molecule has 9 rings (SSSR count). The summed E-state index contributed by atoms with van der Waals surface area (Å²) < 4.78 is 8.89. The van der Waals surface area contributed by atoms with Crippen LogP contribution in [0.3, 0.4) is 0 Å². The Hall–Kier alpha value is -5.65. The summed E-state index contributed by atoms with van der Waals surface area (Å²) in [6.07, 6.45) is 0. The molecular weight excluding hydrogens is 559 g/mol. The van der Waals surface area contributed by atoms with E-state index in [4.69, 9.17) is 19.4 Å². The van der Waals surface area contributed by atoms with Crippen LogP contribution < -0.4 is 0 Å². The quantitative estimate of drug-likeness (QED) is 0.207. The fourth-order valence-corrected chi connectivity index (χ4v) is 7.34. The van der Waals surface area contributed by atoms with Gasteiger partial charge in [-0.3, -0.25) is 0 Å². The largest absolute Gasteiger partial charge is 0.456 e. The van der Waals surface area contributed by atoms with Gasteiger partial charge >= 0.3 is 0 Å². The summed E-state index contributed by atoms with van der Waals surface area (Å²) in [5, 5.41) is 4.43. The van der Waals surface area contributed by atoms with Crippen LogP contribution in [0, 0.1) is 0 Å². The standard InChI is InChI=1S/C39H23N3OS/c1-3-12-24(13-4-1)26-17-9-20-30-35(26)36-29(18-10-21-31(36)43-30)39-41-37(25-14-5-2-6-15-25)40-38(42-39)28-19-11-23-33-34(28)27-16-7-8-22-32(27)44-33/h1-23H. The molecule has 0 unspecified atom stereocenters. The van der Waals surface area contributed by atoms with Gasteiger partial charge in [-0.25, -0.2) is 15.0 Å². The van der Waals surface area contributed by atoms with Gasteiger partial charge < -0.3 is 4.42 Å². The number of hydrogen-bond donors (Lipinski definition) is 0. The molecule has 0 atom stereocenters. The van der Waals surface area contributed by atoms with Gasteiger partial charge in [0.15, 0.2) is 17.5 Å². The molecule has 3 heterocycles. The number of thiophene rings is 1. The van der Waals surface area contributed by atoms with Gasteiger partial charge in [-0.05, 0) is 35.4 Å². The van der Waals surface area contributed by atoms with Crippen molar-refractivity contribution < 1.29 is 4.42 Å². The number of hydrogen-bond acceptors (Lipinski definition) is 5. The van der Waals surface area contributed by atoms with Gasteiger partial charge in [0.2, 0.25) is 0 Å². The SMILES string of the molecule is c1ccc(-c2nc(-c3cccc4sc5ccccc5c34)nc(-c3cccc4oc5cccc(-c6ccccc6)c5c34)n2)cc1. The second kappa shape index (κ2) is 9.97. The zero-order valence-electron chi connectivity index (χ0n) is 23.4. The van der Waals surface area contributed by atoms with Gasteiger partial charge in [0.25, 0.3) is 0 Å². The Morgan fingerprint density at radius 2 is 0.909 bits per heavy atom. The average Bonchev–Trinajstić information content (AvgIpc) is 3.67. The predicted octanol–water partition coefficient (Wildman–Crippen LogP) is 10.8. The van der Waals surface area contributed by atoms with Crippen molar-refractivity contribution in [1.82, 2.24) is 15.0 Å². The van der Waals surface area contributed by atoms with Crippen LogP contribution in [0.25, 0.3) is 87.4 Å². The van der Waals surface area contributed by atoms with Crippen molar-refractivity contribution in [3.63, 3.8) is 0 Å². The Labute approximate surface area is 256 Å². The second-order valence-corrected chi connectivity index (χ2v) is 11.9.